The summed E-state index contributed by atoms with van der Waals surface area (Å²) in [7, 11) is 1.57. The van der Waals surface area contributed by atoms with E-state index in [-0.39, 0.29) is 43.3 Å². The lowest BCUT2D eigenvalue weighted by atomic mass is 10.1. The first-order valence-corrected chi connectivity index (χ1v) is 11.0. The molecule has 0 bridgehead atoms. The third-order valence-corrected chi connectivity index (χ3v) is 5.67. The Morgan fingerprint density at radius 2 is 1.70 bits per heavy atom. The van der Waals surface area contributed by atoms with Gasteiger partial charge in [-0.1, -0.05) is 12.1 Å². The minimum Gasteiger partial charge on any atom is -0.497 e. The predicted molar refractivity (Wildman–Crippen MR) is 121 cm³/mol. The maximum absolute atomic E-state index is 13.4. The number of carbonyl (C=O) groups excluding carboxylic acids is 2. The van der Waals surface area contributed by atoms with Gasteiger partial charge in [-0.15, -0.1) is 0 Å². The van der Waals surface area contributed by atoms with E-state index in [4.69, 9.17) is 9.15 Å². The van der Waals surface area contributed by atoms with E-state index in [1.54, 1.807) is 53.3 Å². The highest BCUT2D eigenvalue weighted by atomic mass is 19.1. The lowest BCUT2D eigenvalue weighted by Crippen LogP contribution is -2.43. The summed E-state index contributed by atoms with van der Waals surface area (Å²) in [6.45, 7) is 2.36. The van der Waals surface area contributed by atoms with Gasteiger partial charge in [0.2, 0.25) is 5.91 Å². The van der Waals surface area contributed by atoms with E-state index in [9.17, 15) is 14.0 Å². The fourth-order valence-electron chi connectivity index (χ4n) is 3.70. The van der Waals surface area contributed by atoms with Crippen LogP contribution >= 0.6 is 0 Å². The normalized spacial score (nSPS) is 12.9. The fraction of sp³-hybridized carbons (Fsp3) is 0.308. The van der Waals surface area contributed by atoms with Crippen LogP contribution in [0.1, 0.15) is 40.3 Å². The molecule has 0 N–H and O–H groups in total. The fourth-order valence-corrected chi connectivity index (χ4v) is 3.70. The summed E-state index contributed by atoms with van der Waals surface area (Å²) in [6.07, 6.45) is 1.76. The van der Waals surface area contributed by atoms with E-state index in [2.05, 4.69) is 0 Å². The van der Waals surface area contributed by atoms with Gasteiger partial charge in [-0.25, -0.2) is 4.39 Å². The topological polar surface area (TPSA) is 63.0 Å². The Labute approximate surface area is 192 Å². The number of rotatable bonds is 9. The van der Waals surface area contributed by atoms with Crippen molar-refractivity contribution in [3.05, 3.63) is 89.1 Å². The molecule has 0 spiro atoms. The lowest BCUT2D eigenvalue weighted by Gasteiger charge is -2.27. The number of hydrogen-bond donors (Lipinski definition) is 0. The van der Waals surface area contributed by atoms with E-state index >= 15 is 0 Å². The molecule has 0 atom stereocenters. The van der Waals surface area contributed by atoms with Crippen LogP contribution in [0.3, 0.4) is 0 Å². The first kappa shape index (κ1) is 22.6. The molecular formula is C26H27FN2O4. The number of nitrogens with zero attached hydrogens (tertiary/aromatic N) is 2. The van der Waals surface area contributed by atoms with Gasteiger partial charge >= 0.3 is 0 Å². The molecule has 1 aliphatic rings. The van der Waals surface area contributed by atoms with Crippen LogP contribution in [0.2, 0.25) is 0 Å². The average molecular weight is 451 g/mol. The quantitative estimate of drug-likeness (QED) is 0.479. The van der Waals surface area contributed by atoms with Gasteiger partial charge in [-0.05, 0) is 73.9 Å². The van der Waals surface area contributed by atoms with Crippen LogP contribution in [0.15, 0.2) is 65.1 Å². The molecule has 4 rings (SSSR count). The Hall–Kier alpha value is -3.61. The number of ether oxygens (including phenoxy) is 1. The Bertz CT molecular complexity index is 1100. The average Bonchev–Trinajstić information content (AvgIpc) is 3.59. The highest BCUT2D eigenvalue weighted by molar-refractivity contribution is 5.97. The van der Waals surface area contributed by atoms with Crippen molar-refractivity contribution in [2.45, 2.75) is 38.9 Å². The SMILES string of the molecule is COc1ccc(C(=O)N(CC(=O)N(Cc2ccc(F)cc2)Cc2ccc(C)o2)C2CC2)cc1. The smallest absolute Gasteiger partial charge is 0.254 e. The van der Waals surface area contributed by atoms with Crippen molar-refractivity contribution >= 4 is 11.8 Å². The maximum Gasteiger partial charge on any atom is 0.254 e. The summed E-state index contributed by atoms with van der Waals surface area (Å²) in [4.78, 5) is 29.9. The Morgan fingerprint density at radius 3 is 2.27 bits per heavy atom. The molecular weight excluding hydrogens is 423 g/mol. The van der Waals surface area contributed by atoms with Crippen molar-refractivity contribution in [2.75, 3.05) is 13.7 Å². The molecule has 0 unspecified atom stereocenters. The van der Waals surface area contributed by atoms with E-state index in [1.165, 1.54) is 12.1 Å². The van der Waals surface area contributed by atoms with Crippen molar-refractivity contribution in [1.29, 1.82) is 0 Å². The van der Waals surface area contributed by atoms with Gasteiger partial charge in [-0.2, -0.15) is 0 Å². The minimum absolute atomic E-state index is 0.0313. The van der Waals surface area contributed by atoms with Crippen molar-refractivity contribution < 1.29 is 23.1 Å². The van der Waals surface area contributed by atoms with Crippen LogP contribution in [0, 0.1) is 12.7 Å². The number of benzene rings is 2. The molecule has 172 valence electrons. The second-order valence-electron chi connectivity index (χ2n) is 8.28. The van der Waals surface area contributed by atoms with Crippen LogP contribution in [-0.4, -0.2) is 41.3 Å². The zero-order valence-electron chi connectivity index (χ0n) is 18.8. The third kappa shape index (κ3) is 5.80. The second-order valence-corrected chi connectivity index (χ2v) is 8.28. The molecule has 6 nitrogen and oxygen atoms in total. The Kier molecular flexibility index (Phi) is 6.77. The van der Waals surface area contributed by atoms with Crippen molar-refractivity contribution in [3.8, 4) is 5.75 Å². The number of hydrogen-bond acceptors (Lipinski definition) is 4. The van der Waals surface area contributed by atoms with E-state index in [0.29, 0.717) is 17.1 Å². The van der Waals surface area contributed by atoms with E-state index in [1.807, 2.05) is 19.1 Å². The van der Waals surface area contributed by atoms with Crippen LogP contribution in [0.5, 0.6) is 5.75 Å². The summed E-state index contributed by atoms with van der Waals surface area (Å²) in [5.74, 6) is 1.38. The number of carbonyl (C=O) groups is 2. The number of aryl methyl sites for hydroxylation is 1. The molecule has 1 heterocycles. The van der Waals surface area contributed by atoms with Crippen molar-refractivity contribution in [1.82, 2.24) is 9.80 Å². The molecule has 1 fully saturated rings. The van der Waals surface area contributed by atoms with Crippen molar-refractivity contribution in [2.24, 2.45) is 0 Å². The second kappa shape index (κ2) is 9.90. The van der Waals surface area contributed by atoms with Gasteiger partial charge in [0.1, 0.15) is 29.6 Å². The van der Waals surface area contributed by atoms with Crippen molar-refractivity contribution in [3.63, 3.8) is 0 Å². The summed E-state index contributed by atoms with van der Waals surface area (Å²) >= 11 is 0. The number of furan rings is 1. The monoisotopic (exact) mass is 450 g/mol. The van der Waals surface area contributed by atoms with Crippen LogP contribution < -0.4 is 4.74 Å². The van der Waals surface area contributed by atoms with Crippen LogP contribution in [-0.2, 0) is 17.9 Å². The Balaban J connectivity index is 1.52. The molecule has 1 aromatic heterocycles. The highest BCUT2D eigenvalue weighted by Gasteiger charge is 2.35. The summed E-state index contributed by atoms with van der Waals surface area (Å²) < 4.78 is 24.2. The first-order valence-electron chi connectivity index (χ1n) is 11.0. The third-order valence-electron chi connectivity index (χ3n) is 5.67. The van der Waals surface area contributed by atoms with Gasteiger partial charge in [-0.3, -0.25) is 9.59 Å². The molecule has 0 aliphatic heterocycles. The summed E-state index contributed by atoms with van der Waals surface area (Å²) in [6, 6.07) is 16.7. The largest absolute Gasteiger partial charge is 0.497 e. The molecule has 7 heteroatoms. The zero-order valence-corrected chi connectivity index (χ0v) is 18.8. The predicted octanol–water partition coefficient (Wildman–Crippen LogP) is 4.57. The molecule has 3 aromatic rings. The zero-order chi connectivity index (χ0) is 23.4. The molecule has 2 amide bonds. The minimum atomic E-state index is -0.330. The summed E-state index contributed by atoms with van der Waals surface area (Å²) in [5, 5.41) is 0. The van der Waals surface area contributed by atoms with Gasteiger partial charge in [0, 0.05) is 18.2 Å². The van der Waals surface area contributed by atoms with Gasteiger partial charge < -0.3 is 19.0 Å². The molecule has 1 saturated carbocycles. The number of amides is 2. The molecule has 0 saturated heterocycles. The molecule has 1 aliphatic carbocycles. The number of methoxy groups -OCH3 is 1. The lowest BCUT2D eigenvalue weighted by molar-refractivity contribution is -0.133. The van der Waals surface area contributed by atoms with Crippen LogP contribution in [0.25, 0.3) is 0 Å². The summed E-state index contributed by atoms with van der Waals surface area (Å²) in [5.41, 5.74) is 1.31. The van der Waals surface area contributed by atoms with E-state index in [0.717, 1.165) is 24.2 Å². The van der Waals surface area contributed by atoms with E-state index < -0.39 is 0 Å². The first-order chi connectivity index (χ1) is 15.9. The maximum atomic E-state index is 13.4. The molecule has 33 heavy (non-hydrogen) atoms. The molecule has 2 aromatic carbocycles. The standard InChI is InChI=1S/C26H27FN2O4/c1-18-3-12-24(33-18)16-28(15-19-4-8-21(27)9-5-19)25(30)17-29(22-10-11-22)26(31)20-6-13-23(32-2)14-7-20/h3-9,12-14,22H,10-11,15-17H2,1-2H3. The van der Waals surface area contributed by atoms with Gasteiger partial charge in [0.05, 0.1) is 13.7 Å². The Morgan fingerprint density at radius 1 is 1.00 bits per heavy atom. The van der Waals surface area contributed by atoms with Crippen LogP contribution in [0.4, 0.5) is 4.39 Å². The molecule has 0 radical (unpaired) electrons. The highest BCUT2D eigenvalue weighted by Crippen LogP contribution is 2.29. The van der Waals surface area contributed by atoms with Gasteiger partial charge in [0.15, 0.2) is 0 Å². The number of halogens is 1. The van der Waals surface area contributed by atoms with Gasteiger partial charge in [0.25, 0.3) is 5.91 Å².